The highest BCUT2D eigenvalue weighted by atomic mass is 16.6. The SMILES string of the molecule is CCC(CNC(=O)c1ccc2c(c1)OCCO2)(C(=O)O)c1ccccc1. The molecule has 0 aliphatic carbocycles. The average molecular weight is 355 g/mol. The number of carboxylic acid groups (broad SMARTS) is 1. The van der Waals surface area contributed by atoms with Crippen molar-refractivity contribution in [2.75, 3.05) is 19.8 Å². The fourth-order valence-corrected chi connectivity index (χ4v) is 3.06. The third-order valence-corrected chi connectivity index (χ3v) is 4.69. The molecular weight excluding hydrogens is 334 g/mol. The Morgan fingerprint density at radius 3 is 2.42 bits per heavy atom. The zero-order valence-corrected chi connectivity index (χ0v) is 14.5. The molecular formula is C20H21NO5. The van der Waals surface area contributed by atoms with E-state index in [0.29, 0.717) is 42.3 Å². The van der Waals surface area contributed by atoms with Crippen molar-refractivity contribution in [2.24, 2.45) is 0 Å². The maximum absolute atomic E-state index is 12.5. The van der Waals surface area contributed by atoms with Gasteiger partial charge < -0.3 is 19.9 Å². The second-order valence-electron chi connectivity index (χ2n) is 6.15. The molecule has 1 unspecified atom stereocenters. The van der Waals surface area contributed by atoms with Crippen LogP contribution in [0.5, 0.6) is 11.5 Å². The zero-order valence-electron chi connectivity index (χ0n) is 14.5. The molecule has 6 nitrogen and oxygen atoms in total. The molecule has 6 heteroatoms. The van der Waals surface area contributed by atoms with E-state index in [0.717, 1.165) is 0 Å². The van der Waals surface area contributed by atoms with Crippen molar-refractivity contribution in [1.29, 1.82) is 0 Å². The van der Waals surface area contributed by atoms with Crippen LogP contribution < -0.4 is 14.8 Å². The van der Waals surface area contributed by atoms with Gasteiger partial charge in [0.05, 0.1) is 0 Å². The minimum atomic E-state index is -1.18. The van der Waals surface area contributed by atoms with E-state index in [1.807, 2.05) is 6.07 Å². The Kier molecular flexibility index (Phi) is 5.11. The van der Waals surface area contributed by atoms with Gasteiger partial charge in [-0.05, 0) is 30.2 Å². The molecule has 136 valence electrons. The van der Waals surface area contributed by atoms with Gasteiger partial charge in [-0.3, -0.25) is 9.59 Å². The lowest BCUT2D eigenvalue weighted by molar-refractivity contribution is -0.143. The summed E-state index contributed by atoms with van der Waals surface area (Å²) < 4.78 is 10.9. The Morgan fingerprint density at radius 1 is 1.08 bits per heavy atom. The second kappa shape index (κ2) is 7.47. The second-order valence-corrected chi connectivity index (χ2v) is 6.15. The standard InChI is InChI=1S/C20H21NO5/c1-2-20(19(23)24,15-6-4-3-5-7-15)13-21-18(22)14-8-9-16-17(12-14)26-11-10-25-16/h3-9,12H,2,10-11,13H2,1H3,(H,21,22)(H,23,24). The molecule has 1 aliphatic heterocycles. The van der Waals surface area contributed by atoms with E-state index in [1.165, 1.54) is 0 Å². The van der Waals surface area contributed by atoms with Crippen LogP contribution in [0, 0.1) is 0 Å². The number of rotatable bonds is 6. The molecule has 3 rings (SSSR count). The van der Waals surface area contributed by atoms with Gasteiger partial charge in [0, 0.05) is 12.1 Å². The first-order chi connectivity index (χ1) is 12.6. The molecule has 2 aromatic carbocycles. The predicted octanol–water partition coefficient (Wildman–Crippen LogP) is 2.62. The summed E-state index contributed by atoms with van der Waals surface area (Å²) in [4.78, 5) is 24.6. The Morgan fingerprint density at radius 2 is 1.77 bits per heavy atom. The van der Waals surface area contributed by atoms with Gasteiger partial charge in [-0.1, -0.05) is 37.3 Å². The summed E-state index contributed by atoms with van der Waals surface area (Å²) in [6.45, 7) is 2.71. The molecule has 2 N–H and O–H groups in total. The number of carbonyl (C=O) groups excluding carboxylic acids is 1. The summed E-state index contributed by atoms with van der Waals surface area (Å²) in [6, 6.07) is 13.9. The lowest BCUT2D eigenvalue weighted by Crippen LogP contribution is -2.46. The summed E-state index contributed by atoms with van der Waals surface area (Å²) in [6.07, 6.45) is 0.355. The van der Waals surface area contributed by atoms with E-state index >= 15 is 0 Å². The third-order valence-electron chi connectivity index (χ3n) is 4.69. The molecule has 1 amide bonds. The zero-order chi connectivity index (χ0) is 18.6. The summed E-state index contributed by atoms with van der Waals surface area (Å²) in [5.41, 5.74) is -0.111. The molecule has 0 saturated heterocycles. The fraction of sp³-hybridized carbons (Fsp3) is 0.300. The molecule has 0 spiro atoms. The van der Waals surface area contributed by atoms with Crippen molar-refractivity contribution in [2.45, 2.75) is 18.8 Å². The maximum atomic E-state index is 12.5. The molecule has 0 radical (unpaired) electrons. The number of nitrogens with one attached hydrogen (secondary N) is 1. The van der Waals surface area contributed by atoms with Crippen molar-refractivity contribution in [1.82, 2.24) is 5.32 Å². The largest absolute Gasteiger partial charge is 0.486 e. The summed E-state index contributed by atoms with van der Waals surface area (Å²) in [5.74, 6) is -0.192. The highest BCUT2D eigenvalue weighted by molar-refractivity contribution is 5.95. The Balaban J connectivity index is 1.79. The minimum absolute atomic E-state index is 0.00385. The lowest BCUT2D eigenvalue weighted by Gasteiger charge is -2.29. The number of aliphatic carboxylic acids is 1. The Bertz CT molecular complexity index is 805. The van der Waals surface area contributed by atoms with E-state index in [1.54, 1.807) is 49.4 Å². The highest BCUT2D eigenvalue weighted by Gasteiger charge is 2.39. The topological polar surface area (TPSA) is 84.9 Å². The van der Waals surface area contributed by atoms with Crippen molar-refractivity contribution < 1.29 is 24.2 Å². The quantitative estimate of drug-likeness (QED) is 0.832. The van der Waals surface area contributed by atoms with E-state index in [-0.39, 0.29) is 12.5 Å². The third kappa shape index (κ3) is 3.35. The number of benzene rings is 2. The highest BCUT2D eigenvalue weighted by Crippen LogP contribution is 2.31. The first kappa shape index (κ1) is 17.8. The molecule has 2 aromatic rings. The van der Waals surface area contributed by atoms with Crippen LogP contribution in [-0.4, -0.2) is 36.7 Å². The number of hydrogen-bond acceptors (Lipinski definition) is 4. The maximum Gasteiger partial charge on any atom is 0.315 e. The minimum Gasteiger partial charge on any atom is -0.486 e. The fourth-order valence-electron chi connectivity index (χ4n) is 3.06. The monoisotopic (exact) mass is 355 g/mol. The number of carbonyl (C=O) groups is 2. The summed E-state index contributed by atoms with van der Waals surface area (Å²) in [5, 5.41) is 12.6. The molecule has 0 saturated carbocycles. The predicted molar refractivity (Wildman–Crippen MR) is 95.8 cm³/mol. The van der Waals surface area contributed by atoms with Gasteiger partial charge in [0.25, 0.3) is 5.91 Å². The summed E-state index contributed by atoms with van der Waals surface area (Å²) in [7, 11) is 0. The van der Waals surface area contributed by atoms with E-state index in [2.05, 4.69) is 5.32 Å². The molecule has 0 bridgehead atoms. The number of hydrogen-bond donors (Lipinski definition) is 2. The van der Waals surface area contributed by atoms with Crippen LogP contribution in [0.15, 0.2) is 48.5 Å². The number of ether oxygens (including phenoxy) is 2. The smallest absolute Gasteiger partial charge is 0.315 e. The lowest BCUT2D eigenvalue weighted by atomic mass is 9.78. The van der Waals surface area contributed by atoms with Gasteiger partial charge in [0.2, 0.25) is 0 Å². The van der Waals surface area contributed by atoms with Crippen molar-refractivity contribution >= 4 is 11.9 Å². The van der Waals surface area contributed by atoms with E-state index < -0.39 is 11.4 Å². The van der Waals surface area contributed by atoms with Crippen LogP contribution in [0.25, 0.3) is 0 Å². The first-order valence-corrected chi connectivity index (χ1v) is 8.53. The normalized spacial score (nSPS) is 15.0. The molecule has 1 aliphatic rings. The van der Waals surface area contributed by atoms with Crippen LogP contribution >= 0.6 is 0 Å². The van der Waals surface area contributed by atoms with Gasteiger partial charge in [0.15, 0.2) is 11.5 Å². The van der Waals surface area contributed by atoms with Gasteiger partial charge in [0.1, 0.15) is 18.6 Å². The number of fused-ring (bicyclic) bond motifs is 1. The van der Waals surface area contributed by atoms with Crippen LogP contribution in [0.2, 0.25) is 0 Å². The molecule has 0 fully saturated rings. The van der Waals surface area contributed by atoms with Crippen LogP contribution in [0.4, 0.5) is 0 Å². The molecule has 26 heavy (non-hydrogen) atoms. The van der Waals surface area contributed by atoms with Crippen molar-refractivity contribution in [3.63, 3.8) is 0 Å². The molecule has 0 aromatic heterocycles. The van der Waals surface area contributed by atoms with Gasteiger partial charge in [-0.2, -0.15) is 0 Å². The molecule has 1 heterocycles. The van der Waals surface area contributed by atoms with Crippen molar-refractivity contribution in [3.8, 4) is 11.5 Å². The van der Waals surface area contributed by atoms with Gasteiger partial charge >= 0.3 is 5.97 Å². The number of amides is 1. The Labute approximate surface area is 151 Å². The average Bonchev–Trinajstić information content (AvgIpc) is 2.69. The van der Waals surface area contributed by atoms with Crippen molar-refractivity contribution in [3.05, 3.63) is 59.7 Å². The van der Waals surface area contributed by atoms with Gasteiger partial charge in [-0.25, -0.2) is 0 Å². The van der Waals surface area contributed by atoms with Crippen LogP contribution in [-0.2, 0) is 10.2 Å². The summed E-state index contributed by atoms with van der Waals surface area (Å²) >= 11 is 0. The van der Waals surface area contributed by atoms with Crippen LogP contribution in [0.3, 0.4) is 0 Å². The van der Waals surface area contributed by atoms with E-state index in [9.17, 15) is 14.7 Å². The first-order valence-electron chi connectivity index (χ1n) is 8.53. The Hall–Kier alpha value is -3.02. The number of carboxylic acids is 1. The molecule has 1 atom stereocenters. The van der Waals surface area contributed by atoms with Crippen LogP contribution in [0.1, 0.15) is 29.3 Å². The van der Waals surface area contributed by atoms with E-state index in [4.69, 9.17) is 9.47 Å². The van der Waals surface area contributed by atoms with Gasteiger partial charge in [-0.15, -0.1) is 0 Å².